The molecule has 4 nitrogen and oxygen atoms in total. The van der Waals surface area contributed by atoms with Gasteiger partial charge in [-0.15, -0.1) is 0 Å². The molecule has 0 bridgehead atoms. The molecule has 0 saturated carbocycles. The van der Waals surface area contributed by atoms with Crippen molar-refractivity contribution in [2.24, 2.45) is 5.92 Å². The van der Waals surface area contributed by atoms with Crippen LogP contribution in [0.3, 0.4) is 0 Å². The molecule has 0 N–H and O–H groups in total. The summed E-state index contributed by atoms with van der Waals surface area (Å²) in [5.41, 5.74) is 0. The van der Waals surface area contributed by atoms with E-state index in [1.165, 1.54) is 44.9 Å². The van der Waals surface area contributed by atoms with Crippen molar-refractivity contribution in [2.75, 3.05) is 13.2 Å². The Morgan fingerprint density at radius 3 is 1.64 bits per heavy atom. The van der Waals surface area contributed by atoms with Crippen molar-refractivity contribution in [3.05, 3.63) is 0 Å². The average Bonchev–Trinajstić information content (AvgIpc) is 2.68. The molecule has 0 heterocycles. The largest absolute Gasteiger partial charge is 0.466 e. The van der Waals surface area contributed by atoms with E-state index in [2.05, 4.69) is 13.8 Å². The SMILES string of the molecule is CCCCOC(=O)CCCCCCCCCCCCC(C)C(=O)OCCCC. The molecule has 0 aromatic carbocycles. The van der Waals surface area contributed by atoms with Crippen LogP contribution >= 0.6 is 0 Å². The van der Waals surface area contributed by atoms with Gasteiger partial charge in [-0.3, -0.25) is 9.59 Å². The lowest BCUT2D eigenvalue weighted by Gasteiger charge is -2.11. The zero-order valence-corrected chi connectivity index (χ0v) is 18.9. The van der Waals surface area contributed by atoms with Crippen LogP contribution in [0, 0.1) is 5.92 Å². The molecule has 0 aliphatic carbocycles. The highest BCUT2D eigenvalue weighted by molar-refractivity contribution is 5.71. The summed E-state index contributed by atoms with van der Waals surface area (Å²) in [6, 6.07) is 0. The van der Waals surface area contributed by atoms with Crippen molar-refractivity contribution >= 4 is 11.9 Å². The lowest BCUT2D eigenvalue weighted by molar-refractivity contribution is -0.148. The molecule has 0 aromatic rings. The number of hydrogen-bond donors (Lipinski definition) is 0. The van der Waals surface area contributed by atoms with E-state index in [0.717, 1.165) is 51.4 Å². The first-order chi connectivity index (χ1) is 13.6. The molecule has 0 aliphatic heterocycles. The number of rotatable bonds is 20. The fourth-order valence-corrected chi connectivity index (χ4v) is 3.11. The number of carbonyl (C=O) groups excluding carboxylic acids is 2. The lowest BCUT2D eigenvalue weighted by atomic mass is 10.0. The molecular weight excluding hydrogens is 352 g/mol. The summed E-state index contributed by atoms with van der Waals surface area (Å²) < 4.78 is 10.4. The van der Waals surface area contributed by atoms with Crippen LogP contribution in [0.4, 0.5) is 0 Å². The average molecular weight is 399 g/mol. The Hall–Kier alpha value is -1.06. The summed E-state index contributed by atoms with van der Waals surface area (Å²) in [6.45, 7) is 7.34. The molecule has 1 atom stereocenters. The lowest BCUT2D eigenvalue weighted by Crippen LogP contribution is -2.15. The molecule has 0 rings (SSSR count). The molecular formula is C24H46O4. The first-order valence-electron chi connectivity index (χ1n) is 11.9. The van der Waals surface area contributed by atoms with Gasteiger partial charge in [0.15, 0.2) is 0 Å². The van der Waals surface area contributed by atoms with Gasteiger partial charge in [0, 0.05) is 6.42 Å². The third-order valence-electron chi connectivity index (χ3n) is 5.17. The monoisotopic (exact) mass is 398 g/mol. The maximum absolute atomic E-state index is 11.8. The second-order valence-electron chi connectivity index (χ2n) is 8.07. The van der Waals surface area contributed by atoms with E-state index in [9.17, 15) is 9.59 Å². The Morgan fingerprint density at radius 1 is 0.643 bits per heavy atom. The van der Waals surface area contributed by atoms with Crippen molar-refractivity contribution in [3.8, 4) is 0 Å². The van der Waals surface area contributed by atoms with E-state index in [0.29, 0.717) is 19.6 Å². The van der Waals surface area contributed by atoms with Crippen LogP contribution in [0.1, 0.15) is 124 Å². The molecule has 28 heavy (non-hydrogen) atoms. The molecule has 4 heteroatoms. The van der Waals surface area contributed by atoms with Crippen LogP contribution in [-0.4, -0.2) is 25.2 Å². The molecule has 0 radical (unpaired) electrons. The van der Waals surface area contributed by atoms with E-state index >= 15 is 0 Å². The third-order valence-corrected chi connectivity index (χ3v) is 5.17. The van der Waals surface area contributed by atoms with Crippen LogP contribution in [-0.2, 0) is 19.1 Å². The number of carbonyl (C=O) groups is 2. The van der Waals surface area contributed by atoms with Crippen LogP contribution in [0.15, 0.2) is 0 Å². The predicted octanol–water partition coefficient (Wildman–Crippen LogP) is 6.99. The van der Waals surface area contributed by atoms with Gasteiger partial charge in [-0.05, 0) is 25.7 Å². The number of unbranched alkanes of at least 4 members (excludes halogenated alkanes) is 11. The molecule has 0 spiro atoms. The highest BCUT2D eigenvalue weighted by atomic mass is 16.5. The van der Waals surface area contributed by atoms with Crippen molar-refractivity contribution in [2.45, 2.75) is 124 Å². The summed E-state index contributed by atoms with van der Waals surface area (Å²) in [5, 5.41) is 0. The Morgan fingerprint density at radius 2 is 1.11 bits per heavy atom. The Kier molecular flexibility index (Phi) is 19.9. The van der Waals surface area contributed by atoms with Crippen LogP contribution in [0.2, 0.25) is 0 Å². The van der Waals surface area contributed by atoms with Gasteiger partial charge in [-0.25, -0.2) is 0 Å². The zero-order chi connectivity index (χ0) is 20.9. The van der Waals surface area contributed by atoms with Crippen molar-refractivity contribution in [3.63, 3.8) is 0 Å². The second kappa shape index (κ2) is 20.7. The number of ether oxygens (including phenoxy) is 2. The Balaban J connectivity index is 3.29. The second-order valence-corrected chi connectivity index (χ2v) is 8.07. The first kappa shape index (κ1) is 26.9. The summed E-state index contributed by atoms with van der Waals surface area (Å²) in [4.78, 5) is 23.2. The fraction of sp³-hybridized carbons (Fsp3) is 0.917. The quantitative estimate of drug-likeness (QED) is 0.164. The van der Waals surface area contributed by atoms with Crippen molar-refractivity contribution < 1.29 is 19.1 Å². The maximum Gasteiger partial charge on any atom is 0.308 e. The van der Waals surface area contributed by atoms with Crippen molar-refractivity contribution in [1.82, 2.24) is 0 Å². The highest BCUT2D eigenvalue weighted by Crippen LogP contribution is 2.15. The third kappa shape index (κ3) is 18.3. The van der Waals surface area contributed by atoms with Crippen molar-refractivity contribution in [1.29, 1.82) is 0 Å². The van der Waals surface area contributed by atoms with Gasteiger partial charge in [-0.2, -0.15) is 0 Å². The fourth-order valence-electron chi connectivity index (χ4n) is 3.11. The molecule has 0 aromatic heterocycles. The minimum absolute atomic E-state index is 0.0253. The van der Waals surface area contributed by atoms with E-state index in [-0.39, 0.29) is 17.9 Å². The van der Waals surface area contributed by atoms with Gasteiger partial charge in [0.25, 0.3) is 0 Å². The summed E-state index contributed by atoms with van der Waals surface area (Å²) >= 11 is 0. The Bertz CT molecular complexity index is 368. The molecule has 1 unspecified atom stereocenters. The molecule has 0 amide bonds. The van der Waals surface area contributed by atoms with Crippen LogP contribution in [0.25, 0.3) is 0 Å². The van der Waals surface area contributed by atoms with Gasteiger partial charge in [0.1, 0.15) is 0 Å². The van der Waals surface area contributed by atoms with Gasteiger partial charge in [0.05, 0.1) is 19.1 Å². The topological polar surface area (TPSA) is 52.6 Å². The van der Waals surface area contributed by atoms with E-state index in [1.54, 1.807) is 0 Å². The minimum Gasteiger partial charge on any atom is -0.466 e. The molecule has 0 saturated heterocycles. The molecule has 166 valence electrons. The summed E-state index contributed by atoms with van der Waals surface area (Å²) in [5.74, 6) is -0.0135. The van der Waals surface area contributed by atoms with E-state index in [1.807, 2.05) is 6.92 Å². The number of esters is 2. The molecule has 0 aliphatic rings. The standard InChI is InChI=1S/C24H46O4/c1-4-6-20-27-23(25)19-17-15-13-11-9-8-10-12-14-16-18-22(3)24(26)28-21-7-5-2/h22H,4-21H2,1-3H3. The van der Waals surface area contributed by atoms with Gasteiger partial charge >= 0.3 is 11.9 Å². The first-order valence-corrected chi connectivity index (χ1v) is 11.9. The summed E-state index contributed by atoms with van der Waals surface area (Å²) in [6.07, 6.45) is 17.7. The normalized spacial score (nSPS) is 12.0. The predicted molar refractivity (Wildman–Crippen MR) is 116 cm³/mol. The van der Waals surface area contributed by atoms with Crippen LogP contribution in [0.5, 0.6) is 0 Å². The van der Waals surface area contributed by atoms with Gasteiger partial charge in [0.2, 0.25) is 0 Å². The zero-order valence-electron chi connectivity index (χ0n) is 18.9. The summed E-state index contributed by atoms with van der Waals surface area (Å²) in [7, 11) is 0. The van der Waals surface area contributed by atoms with Gasteiger partial charge in [-0.1, -0.05) is 91.4 Å². The van der Waals surface area contributed by atoms with Gasteiger partial charge < -0.3 is 9.47 Å². The van der Waals surface area contributed by atoms with Crippen LogP contribution < -0.4 is 0 Å². The highest BCUT2D eigenvalue weighted by Gasteiger charge is 2.13. The van der Waals surface area contributed by atoms with E-state index < -0.39 is 0 Å². The van der Waals surface area contributed by atoms with E-state index in [4.69, 9.17) is 9.47 Å². The maximum atomic E-state index is 11.8. The number of hydrogen-bond acceptors (Lipinski definition) is 4. The minimum atomic E-state index is -0.0306. The smallest absolute Gasteiger partial charge is 0.308 e. The molecule has 0 fully saturated rings. The Labute approximate surface area is 174 Å².